The Hall–Kier alpha value is -18.6. The summed E-state index contributed by atoms with van der Waals surface area (Å²) in [5, 5.41) is 0. The Labute approximate surface area is 875 Å². The van der Waals surface area contributed by atoms with Gasteiger partial charge in [0.15, 0.2) is 0 Å². The predicted octanol–water partition coefficient (Wildman–Crippen LogP) is 27.0. The molecule has 0 aromatic heterocycles. The van der Waals surface area contributed by atoms with Crippen LogP contribution in [0.3, 0.4) is 0 Å². The molecule has 22 aromatic carbocycles. The number of hydrogen-bond acceptors (Lipinski definition) is 9. The third kappa shape index (κ3) is 19.1. The summed E-state index contributed by atoms with van der Waals surface area (Å²) < 4.78 is 24.0. The van der Waals surface area contributed by atoms with Crippen molar-refractivity contribution in [1.82, 2.24) is 0 Å². The van der Waals surface area contributed by atoms with Crippen LogP contribution in [0.15, 0.2) is 576 Å². The zero-order valence-corrected chi connectivity index (χ0v) is 83.1. The van der Waals surface area contributed by atoms with Gasteiger partial charge in [0.1, 0.15) is 34.5 Å². The van der Waals surface area contributed by atoms with Crippen molar-refractivity contribution in [3.8, 4) is 90.1 Å². The monoisotopic (exact) mass is 1910 g/mol. The summed E-state index contributed by atoms with van der Waals surface area (Å²) in [5.41, 5.74) is 38.4. The maximum absolute atomic E-state index is 6.42. The first-order valence-electron chi connectivity index (χ1n) is 51.0. The highest BCUT2D eigenvalue weighted by atomic mass is 16.5. The summed E-state index contributed by atoms with van der Waals surface area (Å²) in [6.45, 7) is 2.42. The molecule has 0 atom stereocenters. The summed E-state index contributed by atoms with van der Waals surface area (Å²) in [7, 11) is 3.48. The first-order valence-corrected chi connectivity index (χ1v) is 51.0. The average molecular weight is 1910 g/mol. The van der Waals surface area contributed by atoms with E-state index in [9.17, 15) is 0 Å². The highest BCUT2D eigenvalue weighted by molar-refractivity contribution is 6.94. The molecule has 0 fully saturated rings. The molecule has 708 valence electrons. The van der Waals surface area contributed by atoms with Gasteiger partial charge in [-0.1, -0.05) is 447 Å². The van der Waals surface area contributed by atoms with E-state index in [2.05, 4.69) is 534 Å². The summed E-state index contributed by atoms with van der Waals surface area (Å²) in [4.78, 5) is 12.2. The minimum absolute atomic E-state index is 0.0258. The lowest BCUT2D eigenvalue weighted by Gasteiger charge is -2.39. The van der Waals surface area contributed by atoms with Crippen LogP contribution in [0, 0.1) is 6.92 Å². The first kappa shape index (κ1) is 94.0. The standard InChI is InChI=1S/2C30H22BNO.2C25H20BNO.C25H20BN/c1-3-13-23(14-4-1)32-29-21-11-8-18-26(29)25-17-7-9-19-27(25)31(32)28-20-10-12-22-30(28)33-24-15-5-2-6-16-24;1-3-13-24(14-4-1)32-30-21-10-8-19-28(30)27-18-7-9-20-29(27)31(32)23-12-11-17-26(22-23)33-25-15-5-2-6-16-25;1-28-24-18-10-16-22-21-15-8-9-17-23(21)27(20-13-6-3-7-14-20)26(25(22)24)19-11-4-2-5-12-19;1-28-21-16-17-22-23-14-8-9-15-25(23)27(20-12-6-3-7-13-20)26(24(22)18-21)19-10-4-2-5-11-19;1-19-16-17-24-23(18-19)22-14-8-9-15-25(22)27(21-12-6-3-7-13-21)26(24)20-10-4-2-5-11-20/h2*1-22H;2*2-18H,1H3;2-18H,1H3. The van der Waals surface area contributed by atoms with Gasteiger partial charge in [-0.25, -0.2) is 0 Å². The molecule has 0 aliphatic carbocycles. The molecule has 14 heteroatoms. The summed E-state index contributed by atoms with van der Waals surface area (Å²) in [6.07, 6.45) is 0. The Morgan fingerprint density at radius 3 is 0.886 bits per heavy atom. The van der Waals surface area contributed by atoms with E-state index in [0.717, 1.165) is 45.6 Å². The molecule has 9 nitrogen and oxygen atoms in total. The second kappa shape index (κ2) is 43.5. The number of nitrogens with zero attached hydrogens (tertiary/aromatic N) is 5. The van der Waals surface area contributed by atoms with Crippen LogP contribution in [0.4, 0.5) is 56.9 Å². The zero-order chi connectivity index (χ0) is 100. The van der Waals surface area contributed by atoms with Crippen molar-refractivity contribution in [3.05, 3.63) is 582 Å². The molecule has 5 heterocycles. The second-order valence-corrected chi connectivity index (χ2v) is 37.4. The van der Waals surface area contributed by atoms with Gasteiger partial charge in [0.05, 0.1) is 14.2 Å². The molecular formula is C135H104B5N5O4. The van der Waals surface area contributed by atoms with E-state index < -0.39 is 0 Å². The number of hydrogen-bond donors (Lipinski definition) is 0. The molecule has 0 N–H and O–H groups in total. The fourth-order valence-corrected chi connectivity index (χ4v) is 22.1. The number of fused-ring (bicyclic) bond motifs is 15. The van der Waals surface area contributed by atoms with Gasteiger partial charge in [0.2, 0.25) is 0 Å². The molecule has 0 saturated carbocycles. The Kier molecular flexibility index (Phi) is 27.4. The molecule has 27 rings (SSSR count). The molecule has 149 heavy (non-hydrogen) atoms. The summed E-state index contributed by atoms with van der Waals surface area (Å²) >= 11 is 0. The van der Waals surface area contributed by atoms with Crippen molar-refractivity contribution in [3.63, 3.8) is 0 Å². The Bertz CT molecular complexity index is 8390. The number of aryl methyl sites for hydroxylation is 1. The summed E-state index contributed by atoms with van der Waals surface area (Å²) in [5.74, 6) is 5.17. The van der Waals surface area contributed by atoms with Crippen molar-refractivity contribution in [2.45, 2.75) is 6.92 Å². The molecule has 22 aromatic rings. The van der Waals surface area contributed by atoms with Crippen molar-refractivity contribution in [1.29, 1.82) is 0 Å². The molecule has 0 amide bonds. The minimum atomic E-state index is -0.0292. The second-order valence-electron chi connectivity index (χ2n) is 37.4. The number of rotatable bonds is 16. The van der Waals surface area contributed by atoms with Crippen molar-refractivity contribution >= 4 is 146 Å². The van der Waals surface area contributed by atoms with E-state index >= 15 is 0 Å². The van der Waals surface area contributed by atoms with Gasteiger partial charge in [-0.3, -0.25) is 0 Å². The highest BCUT2D eigenvalue weighted by Gasteiger charge is 2.44. The Balaban J connectivity index is 0.000000102. The van der Waals surface area contributed by atoms with Gasteiger partial charge in [-0.05, 0) is 225 Å². The molecule has 0 saturated heterocycles. The van der Waals surface area contributed by atoms with Gasteiger partial charge in [-0.15, -0.1) is 0 Å². The highest BCUT2D eigenvalue weighted by Crippen LogP contribution is 2.47. The minimum Gasteiger partial charge on any atom is -0.497 e. The SMILES string of the molecule is COc1ccc2c(c1)B(c1ccccc1)N(c1ccccc1)c1ccccc1-2.COc1cccc2c1B(c1ccccc1)N(c1ccccc1)c1ccccc1-2.Cc1ccc2c(c1)-c1ccccc1N(c1ccccc1)B2c1ccccc1.c1ccc(Oc2cccc(B3c4ccccc4-c4ccccc4N3c3ccccc3)c2)cc1.c1ccc(Oc2ccccc2B2c3ccccc3-c3ccccc3N2c2ccccc2)cc1. The topological polar surface area (TPSA) is 53.1 Å². The van der Waals surface area contributed by atoms with Crippen LogP contribution in [0.25, 0.3) is 55.6 Å². The maximum Gasteiger partial charge on any atom is 0.332 e. The molecule has 0 spiro atoms. The number of ether oxygens (including phenoxy) is 4. The van der Waals surface area contributed by atoms with Crippen molar-refractivity contribution in [2.24, 2.45) is 0 Å². The van der Waals surface area contributed by atoms with Gasteiger partial charge in [0.25, 0.3) is 0 Å². The van der Waals surface area contributed by atoms with Gasteiger partial charge < -0.3 is 43.0 Å². The maximum atomic E-state index is 6.42. The van der Waals surface area contributed by atoms with Crippen LogP contribution in [-0.4, -0.2) is 48.5 Å². The third-order valence-corrected chi connectivity index (χ3v) is 28.5. The van der Waals surface area contributed by atoms with E-state index in [0.29, 0.717) is 0 Å². The number of para-hydroxylation sites is 13. The zero-order valence-electron chi connectivity index (χ0n) is 83.1. The number of anilines is 10. The summed E-state index contributed by atoms with van der Waals surface area (Å²) in [6, 6.07) is 203. The lowest BCUT2D eigenvalue weighted by molar-refractivity contribution is 0.415. The number of methoxy groups -OCH3 is 2. The lowest BCUT2D eigenvalue weighted by Crippen LogP contribution is -2.57. The van der Waals surface area contributed by atoms with Gasteiger partial charge in [0, 0.05) is 84.7 Å². The lowest BCUT2D eigenvalue weighted by atomic mass is 9.45. The molecule has 0 radical (unpaired) electrons. The number of benzene rings is 22. The molecule has 5 aliphatic rings. The van der Waals surface area contributed by atoms with Crippen molar-refractivity contribution < 1.29 is 18.9 Å². The van der Waals surface area contributed by atoms with E-state index in [1.807, 2.05) is 72.8 Å². The molecule has 5 aliphatic heterocycles. The fraction of sp³-hybridized carbons (Fsp3) is 0.0222. The first-order chi connectivity index (χ1) is 73.9. The normalized spacial score (nSPS) is 12.3. The van der Waals surface area contributed by atoms with E-state index in [-0.39, 0.29) is 34.2 Å². The van der Waals surface area contributed by atoms with E-state index in [4.69, 9.17) is 18.9 Å². The van der Waals surface area contributed by atoms with Crippen LogP contribution < -0.4 is 97.6 Å². The van der Waals surface area contributed by atoms with Gasteiger partial charge in [-0.2, -0.15) is 0 Å². The predicted molar refractivity (Wildman–Crippen MR) is 630 cm³/mol. The largest absolute Gasteiger partial charge is 0.497 e. The van der Waals surface area contributed by atoms with E-state index in [1.54, 1.807) is 14.2 Å². The Morgan fingerprint density at radius 2 is 0.450 bits per heavy atom. The molecular weight excluding hydrogens is 1810 g/mol. The Morgan fingerprint density at radius 1 is 0.161 bits per heavy atom. The van der Waals surface area contributed by atoms with Crippen LogP contribution in [0.2, 0.25) is 0 Å². The van der Waals surface area contributed by atoms with Crippen LogP contribution >= 0.6 is 0 Å². The van der Waals surface area contributed by atoms with Crippen LogP contribution in [-0.2, 0) is 0 Å². The quantitative estimate of drug-likeness (QED) is 0.0881. The van der Waals surface area contributed by atoms with Crippen LogP contribution in [0.1, 0.15) is 5.56 Å². The third-order valence-electron chi connectivity index (χ3n) is 28.5. The van der Waals surface area contributed by atoms with Gasteiger partial charge >= 0.3 is 34.2 Å². The smallest absolute Gasteiger partial charge is 0.332 e. The average Bonchev–Trinajstić information content (AvgIpc) is 0.744. The fourth-order valence-electron chi connectivity index (χ4n) is 22.1. The van der Waals surface area contributed by atoms with Crippen LogP contribution in [0.5, 0.6) is 34.5 Å². The molecule has 0 unspecified atom stereocenters. The molecule has 0 bridgehead atoms. The van der Waals surface area contributed by atoms with E-state index in [1.165, 1.54) is 162 Å². The van der Waals surface area contributed by atoms with Crippen molar-refractivity contribution in [2.75, 3.05) is 38.3 Å².